The van der Waals surface area contributed by atoms with Crippen LogP contribution in [0.3, 0.4) is 0 Å². The standard InChI is InChI=1S/C25H25FN4O3/c1-4-5-10-33-23-21(25(31)32-3)13-20(24-28-15(2)29-30-24)19-12-17(14-27-22(19)23)11-16-6-8-18(26)9-7-16/h6-9,12-14H,4-5,10-11H2,1-3H3,(H,28,29,30). The maximum Gasteiger partial charge on any atom is 0.341 e. The van der Waals surface area contributed by atoms with Crippen LogP contribution in [0, 0.1) is 12.7 Å². The molecule has 2 heterocycles. The minimum atomic E-state index is -0.519. The molecule has 4 aromatic rings. The summed E-state index contributed by atoms with van der Waals surface area (Å²) in [5, 5.41) is 7.90. The Bertz CT molecular complexity index is 1290. The minimum absolute atomic E-state index is 0.275. The molecule has 0 atom stereocenters. The van der Waals surface area contributed by atoms with Crippen LogP contribution in [0.15, 0.2) is 42.6 Å². The third kappa shape index (κ3) is 4.84. The van der Waals surface area contributed by atoms with E-state index in [4.69, 9.17) is 9.47 Å². The van der Waals surface area contributed by atoms with Crippen LogP contribution >= 0.6 is 0 Å². The number of ether oxygens (including phenoxy) is 2. The van der Waals surface area contributed by atoms with Crippen LogP contribution in [0.25, 0.3) is 22.3 Å². The number of carbonyl (C=O) groups is 1. The van der Waals surface area contributed by atoms with Crippen LogP contribution < -0.4 is 4.74 Å². The number of H-pyrrole nitrogens is 1. The smallest absolute Gasteiger partial charge is 0.341 e. The number of carbonyl (C=O) groups excluding carboxylic acids is 1. The summed E-state index contributed by atoms with van der Waals surface area (Å²) in [6, 6.07) is 10.1. The number of aryl methyl sites for hydroxylation is 1. The number of aromatic nitrogens is 4. The lowest BCUT2D eigenvalue weighted by atomic mass is 9.98. The second-order valence-corrected chi connectivity index (χ2v) is 7.78. The van der Waals surface area contributed by atoms with Crippen LogP contribution in [0.1, 0.15) is 47.1 Å². The molecule has 2 aromatic carbocycles. The summed E-state index contributed by atoms with van der Waals surface area (Å²) in [6.45, 7) is 4.32. The molecule has 0 unspecified atom stereocenters. The quantitative estimate of drug-likeness (QED) is 0.301. The first kappa shape index (κ1) is 22.4. The average molecular weight is 448 g/mol. The number of rotatable bonds is 8. The van der Waals surface area contributed by atoms with Crippen LogP contribution in [0.2, 0.25) is 0 Å². The number of pyridine rings is 1. The van der Waals surface area contributed by atoms with Gasteiger partial charge in [-0.15, -0.1) is 0 Å². The van der Waals surface area contributed by atoms with Crippen molar-refractivity contribution in [3.63, 3.8) is 0 Å². The molecule has 0 saturated carbocycles. The fourth-order valence-corrected chi connectivity index (χ4v) is 3.62. The predicted molar refractivity (Wildman–Crippen MR) is 123 cm³/mol. The van der Waals surface area contributed by atoms with Gasteiger partial charge in [0.25, 0.3) is 0 Å². The van der Waals surface area contributed by atoms with Crippen molar-refractivity contribution in [1.82, 2.24) is 20.2 Å². The summed E-state index contributed by atoms with van der Waals surface area (Å²) in [5.74, 6) is 0.686. The summed E-state index contributed by atoms with van der Waals surface area (Å²) in [7, 11) is 1.33. The summed E-state index contributed by atoms with van der Waals surface area (Å²) < 4.78 is 24.3. The molecule has 4 rings (SSSR count). The van der Waals surface area contributed by atoms with Crippen molar-refractivity contribution in [2.45, 2.75) is 33.1 Å². The van der Waals surface area contributed by atoms with Crippen LogP contribution in [0.4, 0.5) is 4.39 Å². The molecular formula is C25H25FN4O3. The van der Waals surface area contributed by atoms with E-state index in [0.717, 1.165) is 29.4 Å². The van der Waals surface area contributed by atoms with Gasteiger partial charge in [0, 0.05) is 17.1 Å². The fraction of sp³-hybridized carbons (Fsp3) is 0.280. The Morgan fingerprint density at radius 1 is 1.15 bits per heavy atom. The zero-order chi connectivity index (χ0) is 23.4. The number of unbranched alkanes of at least 4 members (excludes halogenated alkanes) is 1. The SMILES string of the molecule is CCCCOc1c(C(=O)OC)cc(-c2n[nH]c(C)n2)c2cc(Cc3ccc(F)cc3)cnc12. The summed E-state index contributed by atoms with van der Waals surface area (Å²) in [4.78, 5) is 21.8. The van der Waals surface area contributed by atoms with Crippen LogP contribution in [-0.2, 0) is 11.2 Å². The number of methoxy groups -OCH3 is 1. The zero-order valence-electron chi connectivity index (χ0n) is 18.8. The zero-order valence-corrected chi connectivity index (χ0v) is 18.8. The highest BCUT2D eigenvalue weighted by Crippen LogP contribution is 2.37. The highest BCUT2D eigenvalue weighted by atomic mass is 19.1. The number of hydrogen-bond donors (Lipinski definition) is 1. The molecule has 8 heteroatoms. The normalized spacial score (nSPS) is 11.0. The molecule has 7 nitrogen and oxygen atoms in total. The Morgan fingerprint density at radius 3 is 2.61 bits per heavy atom. The lowest BCUT2D eigenvalue weighted by Crippen LogP contribution is -2.09. The van der Waals surface area contributed by atoms with Gasteiger partial charge in [0.2, 0.25) is 0 Å². The van der Waals surface area contributed by atoms with Gasteiger partial charge in [0.15, 0.2) is 11.6 Å². The first-order valence-corrected chi connectivity index (χ1v) is 10.8. The second-order valence-electron chi connectivity index (χ2n) is 7.78. The summed E-state index contributed by atoms with van der Waals surface area (Å²) >= 11 is 0. The van der Waals surface area contributed by atoms with E-state index >= 15 is 0 Å². The first-order valence-electron chi connectivity index (χ1n) is 10.8. The van der Waals surface area contributed by atoms with Gasteiger partial charge >= 0.3 is 5.97 Å². The van der Waals surface area contributed by atoms with Crippen molar-refractivity contribution in [3.05, 3.63) is 70.9 Å². The molecule has 33 heavy (non-hydrogen) atoms. The number of esters is 1. The minimum Gasteiger partial charge on any atom is -0.490 e. The van der Waals surface area contributed by atoms with Gasteiger partial charge in [0.05, 0.1) is 13.7 Å². The van der Waals surface area contributed by atoms with E-state index in [1.165, 1.54) is 19.2 Å². The van der Waals surface area contributed by atoms with Crippen LogP contribution in [-0.4, -0.2) is 39.9 Å². The molecule has 0 aliphatic heterocycles. The van der Waals surface area contributed by atoms with Gasteiger partial charge in [-0.3, -0.25) is 10.1 Å². The molecule has 0 aliphatic carbocycles. The molecule has 170 valence electrons. The highest BCUT2D eigenvalue weighted by Gasteiger charge is 2.23. The molecule has 0 radical (unpaired) electrons. The lowest BCUT2D eigenvalue weighted by Gasteiger charge is -2.15. The Balaban J connectivity index is 1.89. The number of hydrogen-bond acceptors (Lipinski definition) is 6. The maximum absolute atomic E-state index is 13.3. The molecular weight excluding hydrogens is 423 g/mol. The molecule has 1 N–H and O–H groups in total. The molecule has 0 fully saturated rings. The molecule has 0 bridgehead atoms. The monoisotopic (exact) mass is 448 g/mol. The first-order chi connectivity index (χ1) is 16.0. The van der Waals surface area contributed by atoms with E-state index in [1.54, 1.807) is 31.3 Å². The van der Waals surface area contributed by atoms with Crippen molar-refractivity contribution in [2.24, 2.45) is 0 Å². The van der Waals surface area contributed by atoms with Gasteiger partial charge in [0.1, 0.15) is 22.7 Å². The maximum atomic E-state index is 13.3. The Hall–Kier alpha value is -3.81. The summed E-state index contributed by atoms with van der Waals surface area (Å²) in [5.41, 5.74) is 3.34. The molecule has 0 spiro atoms. The van der Waals surface area contributed by atoms with Gasteiger partial charge in [-0.25, -0.2) is 14.2 Å². The number of halogens is 1. The molecule has 0 amide bonds. The fourth-order valence-electron chi connectivity index (χ4n) is 3.62. The van der Waals surface area contributed by atoms with E-state index in [1.807, 2.05) is 6.07 Å². The number of nitrogens with one attached hydrogen (secondary N) is 1. The van der Waals surface area contributed by atoms with Crippen LogP contribution in [0.5, 0.6) is 5.75 Å². The Morgan fingerprint density at radius 2 is 1.94 bits per heavy atom. The Labute approximate surface area is 191 Å². The average Bonchev–Trinajstić information content (AvgIpc) is 3.26. The molecule has 0 saturated heterocycles. The number of fused-ring (bicyclic) bond motifs is 1. The Kier molecular flexibility index (Phi) is 6.63. The van der Waals surface area contributed by atoms with E-state index < -0.39 is 5.97 Å². The van der Waals surface area contributed by atoms with Gasteiger partial charge in [-0.2, -0.15) is 5.10 Å². The second kappa shape index (κ2) is 9.77. The van der Waals surface area contributed by atoms with E-state index in [0.29, 0.717) is 41.5 Å². The van der Waals surface area contributed by atoms with Crippen molar-refractivity contribution < 1.29 is 18.7 Å². The summed E-state index contributed by atoms with van der Waals surface area (Å²) in [6.07, 6.45) is 4.11. The molecule has 2 aromatic heterocycles. The number of aromatic amines is 1. The van der Waals surface area contributed by atoms with E-state index in [2.05, 4.69) is 27.1 Å². The van der Waals surface area contributed by atoms with Crippen molar-refractivity contribution >= 4 is 16.9 Å². The van der Waals surface area contributed by atoms with Crippen molar-refractivity contribution in [3.8, 4) is 17.1 Å². The third-order valence-corrected chi connectivity index (χ3v) is 5.29. The van der Waals surface area contributed by atoms with Gasteiger partial charge < -0.3 is 9.47 Å². The van der Waals surface area contributed by atoms with Gasteiger partial charge in [-0.1, -0.05) is 25.5 Å². The van der Waals surface area contributed by atoms with E-state index in [9.17, 15) is 9.18 Å². The number of benzene rings is 2. The van der Waals surface area contributed by atoms with Gasteiger partial charge in [-0.05, 0) is 55.2 Å². The lowest BCUT2D eigenvalue weighted by molar-refractivity contribution is 0.0596. The highest BCUT2D eigenvalue weighted by molar-refractivity contribution is 6.05. The van der Waals surface area contributed by atoms with E-state index in [-0.39, 0.29) is 11.4 Å². The van der Waals surface area contributed by atoms with Crippen molar-refractivity contribution in [1.29, 1.82) is 0 Å². The predicted octanol–water partition coefficient (Wildman–Crippen LogP) is 5.02. The third-order valence-electron chi connectivity index (χ3n) is 5.29. The molecule has 0 aliphatic rings. The largest absolute Gasteiger partial charge is 0.490 e. The topological polar surface area (TPSA) is 90.0 Å². The van der Waals surface area contributed by atoms with Crippen molar-refractivity contribution in [2.75, 3.05) is 13.7 Å². The number of nitrogens with zero attached hydrogens (tertiary/aromatic N) is 3.